The number of hydrogen-bond donors (Lipinski definition) is 1. The van der Waals surface area contributed by atoms with E-state index in [1.54, 1.807) is 12.1 Å². The summed E-state index contributed by atoms with van der Waals surface area (Å²) in [5.41, 5.74) is 4.75. The highest BCUT2D eigenvalue weighted by molar-refractivity contribution is 5.74. The highest BCUT2D eigenvalue weighted by atomic mass is 19.1. The van der Waals surface area contributed by atoms with Gasteiger partial charge in [-0.2, -0.15) is 5.10 Å². The fraction of sp³-hybridized carbons (Fsp3) is 0.529. The summed E-state index contributed by atoms with van der Waals surface area (Å²) in [6, 6.07) is 19.3. The minimum Gasteiger partial charge on any atom is -0.480 e. The van der Waals surface area contributed by atoms with Crippen LogP contribution >= 0.6 is 0 Å². The van der Waals surface area contributed by atoms with Crippen LogP contribution in [0.15, 0.2) is 60.7 Å². The van der Waals surface area contributed by atoms with E-state index in [-0.39, 0.29) is 23.6 Å². The van der Waals surface area contributed by atoms with Gasteiger partial charge in [0.1, 0.15) is 11.9 Å². The third-order valence-electron chi connectivity index (χ3n) is 9.46. The van der Waals surface area contributed by atoms with Crippen LogP contribution in [0.2, 0.25) is 0 Å². The molecule has 1 N–H and O–H groups in total. The zero-order valence-electron chi connectivity index (χ0n) is 24.8. The molecule has 6 nitrogen and oxygen atoms in total. The molecule has 3 heterocycles. The van der Waals surface area contributed by atoms with Gasteiger partial charge in [0.25, 0.3) is 0 Å². The lowest BCUT2D eigenvalue weighted by Gasteiger charge is -2.35. The Hall–Kier alpha value is -3.03. The van der Waals surface area contributed by atoms with Gasteiger partial charge in [0, 0.05) is 50.1 Å². The van der Waals surface area contributed by atoms with Gasteiger partial charge >= 0.3 is 5.97 Å². The summed E-state index contributed by atoms with van der Waals surface area (Å²) in [5.74, 6) is -0.0434. The fourth-order valence-corrected chi connectivity index (χ4v) is 7.12. The maximum absolute atomic E-state index is 14.2. The van der Waals surface area contributed by atoms with Crippen LogP contribution in [0.3, 0.4) is 0 Å². The number of carbonyl (C=O) groups is 1. The SMILES string of the molecule is CC[C@H](C)[C@H](C(=O)O)N1C[C@H](CN2CCC(c3cc(Cc4ccccc4)nn3CC)CC2)[C@@H](c2cccc(F)c2)C1. The van der Waals surface area contributed by atoms with E-state index in [1.807, 2.05) is 19.1 Å². The molecule has 0 spiro atoms. The van der Waals surface area contributed by atoms with Crippen molar-refractivity contribution in [2.45, 2.75) is 70.9 Å². The van der Waals surface area contributed by atoms with Crippen molar-refractivity contribution in [3.05, 3.63) is 89.0 Å². The minimum absolute atomic E-state index is 0.0605. The molecular weight excluding hydrogens is 515 g/mol. The minimum atomic E-state index is -0.752. The molecule has 1 aromatic heterocycles. The average Bonchev–Trinajstić information content (AvgIpc) is 3.57. The second kappa shape index (κ2) is 13.3. The van der Waals surface area contributed by atoms with Gasteiger partial charge in [-0.15, -0.1) is 0 Å². The monoisotopic (exact) mass is 560 g/mol. The predicted molar refractivity (Wildman–Crippen MR) is 161 cm³/mol. The molecule has 2 aromatic carbocycles. The lowest BCUT2D eigenvalue weighted by Crippen LogP contribution is -2.45. The van der Waals surface area contributed by atoms with Crippen LogP contribution in [-0.4, -0.2) is 69.4 Å². The van der Waals surface area contributed by atoms with Crippen LogP contribution in [0.5, 0.6) is 0 Å². The first kappa shape index (κ1) is 29.5. The molecule has 0 aliphatic carbocycles. The molecule has 0 bridgehead atoms. The Labute approximate surface area is 244 Å². The molecular formula is C34H45FN4O2. The molecule has 0 radical (unpaired) electrons. The number of carboxylic acids is 1. The molecule has 5 rings (SSSR count). The molecule has 3 aromatic rings. The van der Waals surface area contributed by atoms with Crippen LogP contribution in [0.25, 0.3) is 0 Å². The molecule has 0 unspecified atom stereocenters. The number of aryl methyl sites for hydroxylation is 1. The summed E-state index contributed by atoms with van der Waals surface area (Å²) in [7, 11) is 0. The van der Waals surface area contributed by atoms with E-state index in [0.717, 1.165) is 69.7 Å². The van der Waals surface area contributed by atoms with E-state index in [0.29, 0.717) is 12.5 Å². The van der Waals surface area contributed by atoms with E-state index in [2.05, 4.69) is 58.7 Å². The van der Waals surface area contributed by atoms with Gasteiger partial charge in [0.15, 0.2) is 0 Å². The van der Waals surface area contributed by atoms with Gasteiger partial charge in [-0.25, -0.2) is 4.39 Å². The summed E-state index contributed by atoms with van der Waals surface area (Å²) in [4.78, 5) is 17.0. The number of aliphatic carboxylic acids is 1. The predicted octanol–water partition coefficient (Wildman–Crippen LogP) is 6.03. The van der Waals surface area contributed by atoms with Gasteiger partial charge < -0.3 is 10.0 Å². The summed E-state index contributed by atoms with van der Waals surface area (Å²) < 4.78 is 16.4. The van der Waals surface area contributed by atoms with Crippen molar-refractivity contribution in [2.75, 3.05) is 32.7 Å². The summed E-state index contributed by atoms with van der Waals surface area (Å²) in [6.45, 7) is 11.4. The number of hydrogen-bond acceptors (Lipinski definition) is 4. The lowest BCUT2D eigenvalue weighted by atomic mass is 9.87. The first-order valence-electron chi connectivity index (χ1n) is 15.4. The first-order valence-corrected chi connectivity index (χ1v) is 15.4. The van der Waals surface area contributed by atoms with Crippen molar-refractivity contribution >= 4 is 5.97 Å². The van der Waals surface area contributed by atoms with Gasteiger partial charge in [-0.05, 0) is 74.0 Å². The Kier molecular flexibility index (Phi) is 9.56. The molecule has 2 aliphatic heterocycles. The highest BCUT2D eigenvalue weighted by Gasteiger charge is 2.42. The number of carboxylic acid groups (broad SMARTS) is 1. The van der Waals surface area contributed by atoms with Crippen LogP contribution in [0, 0.1) is 17.7 Å². The van der Waals surface area contributed by atoms with E-state index >= 15 is 0 Å². The van der Waals surface area contributed by atoms with E-state index in [9.17, 15) is 14.3 Å². The Balaban J connectivity index is 1.26. The zero-order chi connectivity index (χ0) is 28.9. The van der Waals surface area contributed by atoms with Gasteiger partial charge in [0.05, 0.1) is 5.69 Å². The average molecular weight is 561 g/mol. The topological polar surface area (TPSA) is 61.6 Å². The van der Waals surface area contributed by atoms with Crippen LogP contribution in [0.4, 0.5) is 4.39 Å². The van der Waals surface area contributed by atoms with Crippen molar-refractivity contribution in [1.29, 1.82) is 0 Å². The molecule has 4 atom stereocenters. The number of rotatable bonds is 11. The highest BCUT2D eigenvalue weighted by Crippen LogP contribution is 2.37. The third kappa shape index (κ3) is 6.90. The maximum atomic E-state index is 14.2. The Morgan fingerprint density at radius 2 is 1.80 bits per heavy atom. The summed E-state index contributed by atoms with van der Waals surface area (Å²) in [5, 5.41) is 15.0. The largest absolute Gasteiger partial charge is 0.480 e. The Bertz CT molecular complexity index is 1290. The fourth-order valence-electron chi connectivity index (χ4n) is 7.12. The normalized spacial score (nSPS) is 22.1. The molecule has 0 amide bonds. The zero-order valence-corrected chi connectivity index (χ0v) is 24.8. The number of nitrogens with zero attached hydrogens (tertiary/aromatic N) is 4. The molecule has 220 valence electrons. The third-order valence-corrected chi connectivity index (χ3v) is 9.46. The van der Waals surface area contributed by atoms with Crippen LogP contribution < -0.4 is 0 Å². The maximum Gasteiger partial charge on any atom is 0.321 e. The van der Waals surface area contributed by atoms with Crippen molar-refractivity contribution in [3.63, 3.8) is 0 Å². The Morgan fingerprint density at radius 3 is 2.46 bits per heavy atom. The molecule has 2 aliphatic rings. The quantitative estimate of drug-likeness (QED) is 0.310. The molecule has 2 fully saturated rings. The summed E-state index contributed by atoms with van der Waals surface area (Å²) in [6.07, 6.45) is 3.84. The number of likely N-dealkylation sites (tertiary alicyclic amines) is 2. The lowest BCUT2D eigenvalue weighted by molar-refractivity contribution is -0.145. The molecule has 0 saturated carbocycles. The Morgan fingerprint density at radius 1 is 1.05 bits per heavy atom. The smallest absolute Gasteiger partial charge is 0.321 e. The second-order valence-corrected chi connectivity index (χ2v) is 12.2. The van der Waals surface area contributed by atoms with Crippen molar-refractivity contribution in [1.82, 2.24) is 19.6 Å². The molecule has 2 saturated heterocycles. The van der Waals surface area contributed by atoms with E-state index < -0.39 is 12.0 Å². The van der Waals surface area contributed by atoms with Gasteiger partial charge in [-0.3, -0.25) is 14.4 Å². The van der Waals surface area contributed by atoms with E-state index in [1.165, 1.54) is 17.3 Å². The first-order chi connectivity index (χ1) is 19.9. The molecule has 41 heavy (non-hydrogen) atoms. The number of aromatic nitrogens is 2. The number of piperidine rings is 1. The van der Waals surface area contributed by atoms with Gasteiger partial charge in [0.2, 0.25) is 0 Å². The van der Waals surface area contributed by atoms with Crippen LogP contribution in [0.1, 0.15) is 74.4 Å². The molecule has 7 heteroatoms. The second-order valence-electron chi connectivity index (χ2n) is 12.2. The van der Waals surface area contributed by atoms with Crippen molar-refractivity contribution in [2.24, 2.45) is 11.8 Å². The van der Waals surface area contributed by atoms with Crippen molar-refractivity contribution < 1.29 is 14.3 Å². The standard InChI is InChI=1S/C34H45FN4O2/c1-4-24(3)33(34(40)41)38-22-28(31(23-38)27-12-9-13-29(35)19-27)21-37-16-14-26(15-17-37)32-20-30(36-39(32)5-2)18-25-10-7-6-8-11-25/h6-13,19-20,24,26,28,31,33H,4-5,14-18,21-23H2,1-3H3,(H,40,41)/t24-,28-,31+,33+/m0/s1. The van der Waals surface area contributed by atoms with E-state index in [4.69, 9.17) is 5.10 Å². The summed E-state index contributed by atoms with van der Waals surface area (Å²) >= 11 is 0. The number of benzene rings is 2. The van der Waals surface area contributed by atoms with Crippen LogP contribution in [-0.2, 0) is 17.8 Å². The van der Waals surface area contributed by atoms with Gasteiger partial charge in [-0.1, -0.05) is 62.7 Å². The van der Waals surface area contributed by atoms with Crippen molar-refractivity contribution in [3.8, 4) is 0 Å². The number of halogens is 1.